The van der Waals surface area contributed by atoms with Gasteiger partial charge in [-0.25, -0.2) is 4.39 Å². The molecule has 2 aliphatic heterocycles. The summed E-state index contributed by atoms with van der Waals surface area (Å²) in [6.45, 7) is 1.83. The van der Waals surface area contributed by atoms with E-state index in [1.165, 1.54) is 12.1 Å². The number of carbonyl (C=O) groups excluding carboxylic acids is 1. The number of rotatable bonds is 4. The number of anilines is 2. The lowest BCUT2D eigenvalue weighted by atomic mass is 9.78. The maximum Gasteiger partial charge on any atom is 0.236 e. The number of benzene rings is 3. The second-order valence-electron chi connectivity index (χ2n) is 8.27. The maximum atomic E-state index is 13.8. The molecule has 1 fully saturated rings. The van der Waals surface area contributed by atoms with Gasteiger partial charge in [-0.2, -0.15) is 0 Å². The summed E-state index contributed by atoms with van der Waals surface area (Å²) in [5.41, 5.74) is 0.885. The Bertz CT molecular complexity index is 1270. The lowest BCUT2D eigenvalue weighted by Crippen LogP contribution is -2.72. The van der Waals surface area contributed by atoms with Crippen molar-refractivity contribution in [2.45, 2.75) is 18.7 Å². The molecule has 1 amide bonds. The fourth-order valence-electron chi connectivity index (χ4n) is 4.63. The monoisotopic (exact) mass is 541 g/mol. The van der Waals surface area contributed by atoms with Gasteiger partial charge in [-0.05, 0) is 85.9 Å². The zero-order chi connectivity index (χ0) is 24.0. The first kappa shape index (κ1) is 22.6. The maximum absolute atomic E-state index is 13.8. The third-order valence-corrected chi connectivity index (χ3v) is 6.98. The van der Waals surface area contributed by atoms with Gasteiger partial charge in [-0.3, -0.25) is 9.69 Å². The van der Waals surface area contributed by atoms with E-state index >= 15 is 0 Å². The van der Waals surface area contributed by atoms with Crippen LogP contribution in [0.2, 0.25) is 0 Å². The number of methoxy groups -OCH3 is 1. The lowest BCUT2D eigenvalue weighted by molar-refractivity contribution is -0.130. The van der Waals surface area contributed by atoms with Crippen molar-refractivity contribution in [3.63, 3.8) is 0 Å². The minimum Gasteiger partial charge on any atom is -0.497 e. The Morgan fingerprint density at radius 1 is 1.18 bits per heavy atom. The van der Waals surface area contributed by atoms with Gasteiger partial charge >= 0.3 is 0 Å². The zero-order valence-corrected chi connectivity index (χ0v) is 20.7. The van der Waals surface area contributed by atoms with E-state index < -0.39 is 17.7 Å². The molecule has 9 heteroatoms. The zero-order valence-electron chi connectivity index (χ0n) is 18.3. The van der Waals surface area contributed by atoms with Gasteiger partial charge in [0.05, 0.1) is 13.2 Å². The summed E-state index contributed by atoms with van der Waals surface area (Å²) in [4.78, 5) is 15.5. The van der Waals surface area contributed by atoms with E-state index in [4.69, 9.17) is 21.7 Å². The first-order valence-corrected chi connectivity index (χ1v) is 11.8. The molecule has 2 N–H and O–H groups in total. The number of fused-ring (bicyclic) bond motifs is 4. The van der Waals surface area contributed by atoms with Gasteiger partial charge in [0, 0.05) is 21.4 Å². The van der Waals surface area contributed by atoms with Gasteiger partial charge in [0.25, 0.3) is 0 Å². The quantitative estimate of drug-likeness (QED) is 0.431. The predicted octanol–water partition coefficient (Wildman–Crippen LogP) is 5.40. The molecule has 6 nitrogen and oxygen atoms in total. The fraction of sp³-hybridized carbons (Fsp3) is 0.200. The second kappa shape index (κ2) is 8.56. The first-order chi connectivity index (χ1) is 16.3. The Morgan fingerprint density at radius 3 is 2.56 bits per heavy atom. The third-order valence-electron chi connectivity index (χ3n) is 6.18. The van der Waals surface area contributed by atoms with Crippen LogP contribution < -0.4 is 25.0 Å². The second-order valence-corrected chi connectivity index (χ2v) is 9.58. The van der Waals surface area contributed by atoms with Crippen molar-refractivity contribution in [2.75, 3.05) is 17.3 Å². The SMILES string of the molecule is COc1ccc(NC(=O)[C@@H]2[C@H]3NC(=S)N(c4ccc(F)cc4)[C@@]2(C)Oc2ccc(Br)cc23)cc1. The Balaban J connectivity index is 1.59. The number of hydrogen-bond donors (Lipinski definition) is 2. The molecular weight excluding hydrogens is 521 g/mol. The molecule has 2 aliphatic rings. The number of carbonyl (C=O) groups is 1. The highest BCUT2D eigenvalue weighted by molar-refractivity contribution is 9.10. The summed E-state index contributed by atoms with van der Waals surface area (Å²) >= 11 is 9.22. The molecule has 2 bridgehead atoms. The van der Waals surface area contributed by atoms with Crippen LogP contribution in [0.25, 0.3) is 0 Å². The minimum absolute atomic E-state index is 0.245. The standard InChI is InChI=1S/C25H21BrFN3O3S/c1-25-21(23(31)28-16-6-10-18(32-2)11-7-16)22(19-13-14(26)3-12-20(19)33-25)29-24(34)30(25)17-8-4-15(27)5-9-17/h3-13,21-22H,1-2H3,(H,28,31)(H,29,34)/t21-,22-,25-/m0/s1. The lowest BCUT2D eigenvalue weighted by Gasteiger charge is -2.56. The Labute approximate surface area is 210 Å². The van der Waals surface area contributed by atoms with Crippen LogP contribution in [0.4, 0.5) is 15.8 Å². The van der Waals surface area contributed by atoms with E-state index in [0.717, 1.165) is 10.0 Å². The molecular formula is C25H21BrFN3O3S. The third kappa shape index (κ3) is 3.78. The van der Waals surface area contributed by atoms with Crippen molar-refractivity contribution in [2.24, 2.45) is 5.92 Å². The average Bonchev–Trinajstić information content (AvgIpc) is 2.81. The van der Waals surface area contributed by atoms with Crippen molar-refractivity contribution in [1.82, 2.24) is 5.32 Å². The fourth-order valence-corrected chi connectivity index (χ4v) is 5.42. The molecule has 0 spiro atoms. The molecule has 174 valence electrons. The Kier molecular flexibility index (Phi) is 5.69. The summed E-state index contributed by atoms with van der Waals surface area (Å²) in [6.07, 6.45) is 0. The number of thiocarbonyl (C=S) groups is 1. The molecule has 3 aromatic carbocycles. The molecule has 1 saturated heterocycles. The molecule has 0 radical (unpaired) electrons. The van der Waals surface area contributed by atoms with Crippen molar-refractivity contribution in [3.05, 3.63) is 82.6 Å². The molecule has 3 atom stereocenters. The number of halogens is 2. The Morgan fingerprint density at radius 2 is 1.88 bits per heavy atom. The van der Waals surface area contributed by atoms with E-state index in [2.05, 4.69) is 26.6 Å². The average molecular weight is 542 g/mol. The van der Waals surface area contributed by atoms with Crippen molar-refractivity contribution < 1.29 is 18.7 Å². The van der Waals surface area contributed by atoms with E-state index in [1.54, 1.807) is 48.4 Å². The number of nitrogens with zero attached hydrogens (tertiary/aromatic N) is 1. The van der Waals surface area contributed by atoms with Gasteiger partial charge in [0.1, 0.15) is 23.2 Å². The van der Waals surface area contributed by atoms with Crippen LogP contribution in [-0.4, -0.2) is 23.9 Å². The van der Waals surface area contributed by atoms with E-state index in [1.807, 2.05) is 25.1 Å². The molecule has 5 rings (SSSR count). The van der Waals surface area contributed by atoms with Crippen molar-refractivity contribution >= 4 is 50.5 Å². The van der Waals surface area contributed by atoms with Gasteiger partial charge in [0.15, 0.2) is 10.8 Å². The first-order valence-electron chi connectivity index (χ1n) is 10.6. The van der Waals surface area contributed by atoms with E-state index in [-0.39, 0.29) is 11.7 Å². The van der Waals surface area contributed by atoms with Gasteiger partial charge < -0.3 is 20.1 Å². The van der Waals surface area contributed by atoms with Crippen LogP contribution in [0.5, 0.6) is 11.5 Å². The van der Waals surface area contributed by atoms with Crippen LogP contribution >= 0.6 is 28.1 Å². The van der Waals surface area contributed by atoms with Crippen molar-refractivity contribution in [3.8, 4) is 11.5 Å². The molecule has 34 heavy (non-hydrogen) atoms. The van der Waals surface area contributed by atoms with E-state index in [9.17, 15) is 9.18 Å². The number of nitrogens with one attached hydrogen (secondary N) is 2. The number of amides is 1. The normalized spacial score (nSPS) is 22.8. The minimum atomic E-state index is -1.18. The number of ether oxygens (including phenoxy) is 2. The molecule has 2 heterocycles. The van der Waals surface area contributed by atoms with Gasteiger partial charge in [-0.1, -0.05) is 15.9 Å². The summed E-state index contributed by atoms with van der Waals surface area (Å²) in [6, 6.07) is 18.3. The highest BCUT2D eigenvalue weighted by atomic mass is 79.9. The van der Waals surface area contributed by atoms with Gasteiger partial charge in [0.2, 0.25) is 5.91 Å². The number of hydrogen-bond acceptors (Lipinski definition) is 4. The summed E-state index contributed by atoms with van der Waals surface area (Å²) in [5, 5.41) is 6.73. The Hall–Kier alpha value is -3.17. The van der Waals surface area contributed by atoms with Crippen molar-refractivity contribution in [1.29, 1.82) is 0 Å². The molecule has 0 unspecified atom stereocenters. The highest BCUT2D eigenvalue weighted by Gasteiger charge is 2.59. The highest BCUT2D eigenvalue weighted by Crippen LogP contribution is 2.50. The van der Waals surface area contributed by atoms with Gasteiger partial charge in [-0.15, -0.1) is 0 Å². The van der Waals surface area contributed by atoms with E-state index in [0.29, 0.717) is 28.0 Å². The molecule has 0 aliphatic carbocycles. The summed E-state index contributed by atoms with van der Waals surface area (Å²) in [7, 11) is 1.59. The van der Waals surface area contributed by atoms with Crippen LogP contribution in [0.15, 0.2) is 71.2 Å². The topological polar surface area (TPSA) is 62.8 Å². The summed E-state index contributed by atoms with van der Waals surface area (Å²) < 4.78 is 26.3. The molecule has 0 aromatic heterocycles. The van der Waals surface area contributed by atoms with Crippen LogP contribution in [-0.2, 0) is 4.79 Å². The molecule has 3 aromatic rings. The predicted molar refractivity (Wildman–Crippen MR) is 136 cm³/mol. The molecule has 0 saturated carbocycles. The summed E-state index contributed by atoms with van der Waals surface area (Å²) in [5.74, 6) is 0.0252. The smallest absolute Gasteiger partial charge is 0.236 e. The van der Waals surface area contributed by atoms with Crippen LogP contribution in [0.1, 0.15) is 18.5 Å². The largest absolute Gasteiger partial charge is 0.497 e. The van der Waals surface area contributed by atoms with Crippen LogP contribution in [0, 0.1) is 11.7 Å². The van der Waals surface area contributed by atoms with Crippen LogP contribution in [0.3, 0.4) is 0 Å².